The third kappa shape index (κ3) is 4.35. The van der Waals surface area contributed by atoms with Crippen molar-refractivity contribution >= 4 is 39.2 Å². The standard InChI is InChI=1S/C31H36N4O3/c1-7-20-16(3)26-13-29-22(14-36)18(5)25(34-29)12-27-17(4)21(8-9-30(37)38)31(35-27)19(6)24-10-15(2)23(32-24)11-28(20)33-26/h10-13,17,21,32,34,36H,7-9,14H2,1-6H3,(H,37,38)/t17?,21-/m0/s1. The molecule has 1 unspecified atom stereocenters. The third-order valence-corrected chi connectivity index (χ3v) is 8.39. The lowest BCUT2D eigenvalue weighted by molar-refractivity contribution is -0.137. The zero-order valence-corrected chi connectivity index (χ0v) is 23.0. The highest BCUT2D eigenvalue weighted by Crippen LogP contribution is 2.42. The number of carbonyl (C=O) groups is 1. The molecule has 0 fully saturated rings. The summed E-state index contributed by atoms with van der Waals surface area (Å²) in [7, 11) is 0. The predicted octanol–water partition coefficient (Wildman–Crippen LogP) is 6.83. The molecule has 0 saturated heterocycles. The van der Waals surface area contributed by atoms with E-state index >= 15 is 0 Å². The first-order chi connectivity index (χ1) is 18.1. The molecule has 3 aromatic rings. The van der Waals surface area contributed by atoms with E-state index in [1.165, 1.54) is 5.57 Å². The number of aliphatic hydroxyl groups is 1. The summed E-state index contributed by atoms with van der Waals surface area (Å²) in [6.45, 7) is 12.5. The average molecular weight is 513 g/mol. The predicted molar refractivity (Wildman–Crippen MR) is 152 cm³/mol. The Morgan fingerprint density at radius 1 is 0.921 bits per heavy atom. The minimum absolute atomic E-state index is 0.00379. The van der Waals surface area contributed by atoms with Gasteiger partial charge in [-0.1, -0.05) is 13.8 Å². The summed E-state index contributed by atoms with van der Waals surface area (Å²) in [6.07, 6.45) is 1.48. The first-order valence-electron chi connectivity index (χ1n) is 13.4. The smallest absolute Gasteiger partial charge is 0.303 e. The van der Waals surface area contributed by atoms with Crippen LogP contribution in [-0.2, 0) is 11.4 Å². The van der Waals surface area contributed by atoms with Gasteiger partial charge in [0.1, 0.15) is 0 Å². The van der Waals surface area contributed by atoms with E-state index in [1.54, 1.807) is 0 Å². The molecule has 4 N–H and O–H groups in total. The molecule has 0 aromatic carbocycles. The minimum atomic E-state index is -0.797. The fourth-order valence-corrected chi connectivity index (χ4v) is 5.93. The van der Waals surface area contributed by atoms with Gasteiger partial charge in [-0.05, 0) is 92.6 Å². The van der Waals surface area contributed by atoms with Crippen LogP contribution in [0.5, 0.6) is 0 Å². The van der Waals surface area contributed by atoms with E-state index in [4.69, 9.17) is 9.97 Å². The van der Waals surface area contributed by atoms with Gasteiger partial charge < -0.3 is 20.2 Å². The number of nitrogens with zero attached hydrogens (tertiary/aromatic N) is 2. The Morgan fingerprint density at radius 2 is 1.61 bits per heavy atom. The molecule has 2 atom stereocenters. The van der Waals surface area contributed by atoms with E-state index in [9.17, 15) is 15.0 Å². The van der Waals surface area contributed by atoms with Crippen molar-refractivity contribution in [3.05, 3.63) is 69.3 Å². The molecule has 7 heteroatoms. The maximum absolute atomic E-state index is 11.5. The number of aromatic nitrogens is 4. The second kappa shape index (κ2) is 9.87. The fourth-order valence-electron chi connectivity index (χ4n) is 5.93. The van der Waals surface area contributed by atoms with Gasteiger partial charge in [0.25, 0.3) is 0 Å². The average Bonchev–Trinajstić information content (AvgIpc) is 3.57. The summed E-state index contributed by atoms with van der Waals surface area (Å²) in [5.74, 6) is -0.747. The lowest BCUT2D eigenvalue weighted by atomic mass is 9.86. The van der Waals surface area contributed by atoms with Crippen molar-refractivity contribution in [1.29, 1.82) is 0 Å². The molecule has 0 spiro atoms. The van der Waals surface area contributed by atoms with Crippen molar-refractivity contribution in [1.82, 2.24) is 19.9 Å². The maximum atomic E-state index is 11.5. The normalized spacial score (nSPS) is 17.3. The Bertz CT molecular complexity index is 1640. The van der Waals surface area contributed by atoms with Crippen LogP contribution in [0.15, 0.2) is 24.3 Å². The van der Waals surface area contributed by atoms with Gasteiger partial charge in [-0.3, -0.25) is 9.78 Å². The second-order valence-corrected chi connectivity index (χ2v) is 10.6. The van der Waals surface area contributed by atoms with Crippen LogP contribution in [0.3, 0.4) is 0 Å². The van der Waals surface area contributed by atoms with E-state index in [1.807, 2.05) is 13.0 Å². The Balaban J connectivity index is 1.91. The van der Waals surface area contributed by atoms with Gasteiger partial charge in [0, 0.05) is 57.3 Å². The van der Waals surface area contributed by atoms with Crippen molar-refractivity contribution in [3.63, 3.8) is 0 Å². The number of H-pyrrole nitrogens is 2. The first kappa shape index (κ1) is 25.9. The molecule has 2 aliphatic heterocycles. The molecule has 8 bridgehead atoms. The number of aliphatic carboxylic acids is 1. The quantitative estimate of drug-likeness (QED) is 0.299. The number of carboxylic acid groups (broad SMARTS) is 1. The van der Waals surface area contributed by atoms with Gasteiger partial charge in [-0.2, -0.15) is 0 Å². The monoisotopic (exact) mass is 512 g/mol. The molecule has 38 heavy (non-hydrogen) atoms. The van der Waals surface area contributed by atoms with Crippen LogP contribution in [0.4, 0.5) is 0 Å². The molecule has 7 nitrogen and oxygen atoms in total. The van der Waals surface area contributed by atoms with Crippen LogP contribution < -0.4 is 0 Å². The number of allylic oxidation sites excluding steroid dienone is 2. The fraction of sp³-hybridized carbons (Fsp3) is 0.387. The van der Waals surface area contributed by atoms with Gasteiger partial charge in [0.2, 0.25) is 0 Å². The molecule has 0 aliphatic carbocycles. The minimum Gasteiger partial charge on any atom is -0.481 e. The molecule has 0 radical (unpaired) electrons. The molecule has 5 heterocycles. The molecule has 0 saturated carbocycles. The second-order valence-electron chi connectivity index (χ2n) is 10.6. The summed E-state index contributed by atoms with van der Waals surface area (Å²) in [5, 5.41) is 19.7. The molecule has 3 aromatic heterocycles. The summed E-state index contributed by atoms with van der Waals surface area (Å²) >= 11 is 0. The van der Waals surface area contributed by atoms with Crippen molar-refractivity contribution in [3.8, 4) is 0 Å². The summed E-state index contributed by atoms with van der Waals surface area (Å²) in [6, 6.07) is 8.35. The van der Waals surface area contributed by atoms with Crippen LogP contribution in [0, 0.1) is 20.8 Å². The topological polar surface area (TPSA) is 115 Å². The van der Waals surface area contributed by atoms with Gasteiger partial charge in [0.05, 0.1) is 18.0 Å². The zero-order valence-electron chi connectivity index (χ0n) is 23.0. The third-order valence-electron chi connectivity index (χ3n) is 8.39. The lowest BCUT2D eigenvalue weighted by Crippen LogP contribution is -2.06. The van der Waals surface area contributed by atoms with Crippen LogP contribution >= 0.6 is 0 Å². The molecule has 0 amide bonds. The highest BCUT2D eigenvalue weighted by atomic mass is 16.4. The van der Waals surface area contributed by atoms with E-state index in [-0.39, 0.29) is 24.9 Å². The Hall–Kier alpha value is -3.71. The van der Waals surface area contributed by atoms with Gasteiger partial charge >= 0.3 is 5.97 Å². The van der Waals surface area contributed by atoms with Crippen LogP contribution in [0.25, 0.3) is 33.2 Å². The van der Waals surface area contributed by atoms with Crippen molar-refractivity contribution in [2.24, 2.45) is 0 Å². The van der Waals surface area contributed by atoms with Crippen LogP contribution in [0.1, 0.15) is 96.9 Å². The van der Waals surface area contributed by atoms with E-state index in [0.29, 0.717) is 6.42 Å². The number of carboxylic acids is 1. The zero-order chi connectivity index (χ0) is 27.3. The molecular weight excluding hydrogens is 476 g/mol. The number of aryl methyl sites for hydroxylation is 3. The largest absolute Gasteiger partial charge is 0.481 e. The number of rotatable bonds is 5. The number of hydrogen-bond donors (Lipinski definition) is 4. The van der Waals surface area contributed by atoms with E-state index in [2.05, 4.69) is 62.8 Å². The first-order valence-corrected chi connectivity index (χ1v) is 13.4. The van der Waals surface area contributed by atoms with Gasteiger partial charge in [-0.25, -0.2) is 4.98 Å². The molecule has 2 aliphatic rings. The molecule has 198 valence electrons. The van der Waals surface area contributed by atoms with Crippen molar-refractivity contribution < 1.29 is 15.0 Å². The number of aliphatic hydroxyl groups excluding tert-OH is 1. The highest BCUT2D eigenvalue weighted by molar-refractivity contribution is 5.92. The molecule has 5 rings (SSSR count). The van der Waals surface area contributed by atoms with E-state index < -0.39 is 5.97 Å². The number of fused-ring (bicyclic) bond motifs is 8. The Labute approximate surface area is 222 Å². The van der Waals surface area contributed by atoms with Gasteiger partial charge in [-0.15, -0.1) is 0 Å². The summed E-state index contributed by atoms with van der Waals surface area (Å²) in [5.41, 5.74) is 13.7. The molecular formula is C31H36N4O3. The van der Waals surface area contributed by atoms with Crippen LogP contribution in [0.2, 0.25) is 0 Å². The van der Waals surface area contributed by atoms with Gasteiger partial charge in [0.15, 0.2) is 0 Å². The lowest BCUT2D eigenvalue weighted by Gasteiger charge is -2.16. The maximum Gasteiger partial charge on any atom is 0.303 e. The Morgan fingerprint density at radius 3 is 2.29 bits per heavy atom. The number of aromatic amines is 2. The number of nitrogens with one attached hydrogen (secondary N) is 2. The van der Waals surface area contributed by atoms with Crippen molar-refractivity contribution in [2.75, 3.05) is 0 Å². The highest BCUT2D eigenvalue weighted by Gasteiger charge is 2.31. The van der Waals surface area contributed by atoms with Crippen molar-refractivity contribution in [2.45, 2.75) is 79.2 Å². The summed E-state index contributed by atoms with van der Waals surface area (Å²) < 4.78 is 0. The van der Waals surface area contributed by atoms with E-state index in [0.717, 1.165) is 79.1 Å². The summed E-state index contributed by atoms with van der Waals surface area (Å²) in [4.78, 5) is 28.7. The van der Waals surface area contributed by atoms with Crippen LogP contribution in [-0.4, -0.2) is 36.1 Å². The SMILES string of the molecule is CCC1=C(C)c2cc3[nH]c(cc4nc(c(C)c5cc(C)c(cc1n2)[nH]5)[C@@H](CCC(=O)O)C4C)c(C)c3CO. The number of hydrogen-bond acceptors (Lipinski definition) is 4. The Kier molecular flexibility index (Phi) is 6.73.